The third kappa shape index (κ3) is 3.92. The fourth-order valence-electron chi connectivity index (χ4n) is 2.30. The third-order valence-corrected chi connectivity index (χ3v) is 4.33. The molecule has 1 aromatic heterocycles. The van der Waals surface area contributed by atoms with E-state index < -0.39 is 11.7 Å². The number of halogens is 1. The molecule has 25 heavy (non-hydrogen) atoms. The number of hydrogen-bond acceptors (Lipinski definition) is 3. The van der Waals surface area contributed by atoms with Crippen LogP contribution in [-0.4, -0.2) is 11.8 Å². The zero-order valence-electron chi connectivity index (χ0n) is 13.4. The van der Waals surface area contributed by atoms with Crippen molar-refractivity contribution in [2.45, 2.75) is 6.92 Å². The molecule has 2 aromatic carbocycles. The van der Waals surface area contributed by atoms with E-state index in [-0.39, 0.29) is 5.91 Å². The Kier molecular flexibility index (Phi) is 4.90. The molecule has 6 heteroatoms. The van der Waals surface area contributed by atoms with E-state index in [0.29, 0.717) is 22.5 Å². The smallest absolute Gasteiger partial charge is 0.257 e. The van der Waals surface area contributed by atoms with Crippen molar-refractivity contribution >= 4 is 34.5 Å². The summed E-state index contributed by atoms with van der Waals surface area (Å²) in [6, 6.07) is 12.6. The number of carbonyl (C=O) groups excluding carboxylic acids is 2. The second kappa shape index (κ2) is 7.27. The van der Waals surface area contributed by atoms with E-state index in [1.54, 1.807) is 54.1 Å². The van der Waals surface area contributed by atoms with E-state index in [4.69, 9.17) is 0 Å². The molecule has 1 heterocycles. The Hall–Kier alpha value is -2.99. The van der Waals surface area contributed by atoms with Crippen molar-refractivity contribution in [3.63, 3.8) is 0 Å². The van der Waals surface area contributed by atoms with Crippen LogP contribution < -0.4 is 10.6 Å². The summed E-state index contributed by atoms with van der Waals surface area (Å²) < 4.78 is 13.4. The number of rotatable bonds is 4. The Morgan fingerprint density at radius 2 is 1.72 bits per heavy atom. The third-order valence-electron chi connectivity index (χ3n) is 3.65. The SMILES string of the molecule is Cc1ccc(F)cc1NC(=O)c1ccccc1NC(=O)c1ccsc1. The zero-order valence-corrected chi connectivity index (χ0v) is 14.2. The monoisotopic (exact) mass is 354 g/mol. The highest BCUT2D eigenvalue weighted by atomic mass is 32.1. The Morgan fingerprint density at radius 1 is 0.960 bits per heavy atom. The average Bonchev–Trinajstić information content (AvgIpc) is 3.13. The van der Waals surface area contributed by atoms with Crippen molar-refractivity contribution in [2.75, 3.05) is 10.6 Å². The summed E-state index contributed by atoms with van der Waals surface area (Å²) in [5.74, 6) is -1.14. The molecule has 2 amide bonds. The van der Waals surface area contributed by atoms with Crippen molar-refractivity contribution in [1.29, 1.82) is 0 Å². The highest BCUT2D eigenvalue weighted by Gasteiger charge is 2.15. The lowest BCUT2D eigenvalue weighted by Crippen LogP contribution is -2.18. The van der Waals surface area contributed by atoms with E-state index in [9.17, 15) is 14.0 Å². The number of carbonyl (C=O) groups is 2. The van der Waals surface area contributed by atoms with E-state index in [1.807, 2.05) is 0 Å². The van der Waals surface area contributed by atoms with Crippen LogP contribution in [0, 0.1) is 12.7 Å². The Labute approximate surface area is 148 Å². The Morgan fingerprint density at radius 3 is 2.48 bits per heavy atom. The van der Waals surface area contributed by atoms with Crippen molar-refractivity contribution in [3.8, 4) is 0 Å². The lowest BCUT2D eigenvalue weighted by Gasteiger charge is -2.12. The number of aryl methyl sites for hydroxylation is 1. The minimum atomic E-state index is -0.431. The minimum Gasteiger partial charge on any atom is -0.322 e. The molecule has 3 aromatic rings. The minimum absolute atomic E-state index is 0.288. The van der Waals surface area contributed by atoms with Gasteiger partial charge in [0.1, 0.15) is 5.82 Å². The molecule has 2 N–H and O–H groups in total. The average molecular weight is 354 g/mol. The molecule has 0 radical (unpaired) electrons. The molecule has 3 rings (SSSR count). The maximum Gasteiger partial charge on any atom is 0.257 e. The Bertz CT molecular complexity index is 923. The van der Waals surface area contributed by atoms with E-state index in [0.717, 1.165) is 5.56 Å². The van der Waals surface area contributed by atoms with Crippen LogP contribution >= 0.6 is 11.3 Å². The van der Waals surface area contributed by atoms with Crippen LogP contribution in [0.4, 0.5) is 15.8 Å². The quantitative estimate of drug-likeness (QED) is 0.713. The van der Waals surface area contributed by atoms with Crippen molar-refractivity contribution < 1.29 is 14.0 Å². The van der Waals surface area contributed by atoms with Gasteiger partial charge < -0.3 is 10.6 Å². The molecule has 126 valence electrons. The topological polar surface area (TPSA) is 58.2 Å². The molecule has 0 aliphatic carbocycles. The number of para-hydroxylation sites is 1. The van der Waals surface area contributed by atoms with Crippen LogP contribution in [0.15, 0.2) is 59.3 Å². The van der Waals surface area contributed by atoms with Gasteiger partial charge in [0.05, 0.1) is 16.8 Å². The maximum absolute atomic E-state index is 13.4. The normalized spacial score (nSPS) is 10.3. The van der Waals surface area contributed by atoms with Gasteiger partial charge in [-0.2, -0.15) is 11.3 Å². The summed E-state index contributed by atoms with van der Waals surface area (Å²) in [4.78, 5) is 24.8. The van der Waals surface area contributed by atoms with E-state index in [2.05, 4.69) is 10.6 Å². The van der Waals surface area contributed by atoms with Crippen LogP contribution in [0.2, 0.25) is 0 Å². The predicted molar refractivity (Wildman–Crippen MR) is 97.8 cm³/mol. The van der Waals surface area contributed by atoms with Gasteiger partial charge in [-0.3, -0.25) is 9.59 Å². The number of hydrogen-bond donors (Lipinski definition) is 2. The standard InChI is InChI=1S/C19H15FN2O2S/c1-12-6-7-14(20)10-17(12)22-19(24)15-4-2-3-5-16(15)21-18(23)13-8-9-25-11-13/h2-11H,1H3,(H,21,23)(H,22,24). The molecule has 0 saturated heterocycles. The first-order valence-corrected chi connectivity index (χ1v) is 8.49. The number of benzene rings is 2. The van der Waals surface area contributed by atoms with Gasteiger partial charge in [0.2, 0.25) is 0 Å². The van der Waals surface area contributed by atoms with Gasteiger partial charge >= 0.3 is 0 Å². The fourth-order valence-corrected chi connectivity index (χ4v) is 2.93. The lowest BCUT2D eigenvalue weighted by atomic mass is 10.1. The highest BCUT2D eigenvalue weighted by molar-refractivity contribution is 7.08. The van der Waals surface area contributed by atoms with E-state index >= 15 is 0 Å². The van der Waals surface area contributed by atoms with Crippen molar-refractivity contribution in [3.05, 3.63) is 81.8 Å². The van der Waals surface area contributed by atoms with Gasteiger partial charge in [0, 0.05) is 11.1 Å². The molecule has 0 spiro atoms. The van der Waals surface area contributed by atoms with Crippen LogP contribution in [0.5, 0.6) is 0 Å². The first kappa shape index (κ1) is 16.9. The number of nitrogens with one attached hydrogen (secondary N) is 2. The van der Waals surface area contributed by atoms with Crippen LogP contribution in [0.25, 0.3) is 0 Å². The highest BCUT2D eigenvalue weighted by Crippen LogP contribution is 2.21. The van der Waals surface area contributed by atoms with Gasteiger partial charge in [-0.05, 0) is 48.2 Å². The second-order valence-electron chi connectivity index (χ2n) is 5.43. The zero-order chi connectivity index (χ0) is 17.8. The summed E-state index contributed by atoms with van der Waals surface area (Å²) in [6.07, 6.45) is 0. The lowest BCUT2D eigenvalue weighted by molar-refractivity contribution is 0.102. The first-order valence-electron chi connectivity index (χ1n) is 7.54. The number of thiophene rings is 1. The summed E-state index contributed by atoms with van der Waals surface area (Å²) in [5.41, 5.74) is 2.36. The van der Waals surface area contributed by atoms with Gasteiger partial charge in [0.15, 0.2) is 0 Å². The molecular weight excluding hydrogens is 339 g/mol. The fraction of sp³-hybridized carbons (Fsp3) is 0.0526. The molecular formula is C19H15FN2O2S. The van der Waals surface area contributed by atoms with Gasteiger partial charge in [-0.1, -0.05) is 18.2 Å². The number of anilines is 2. The van der Waals surface area contributed by atoms with Crippen LogP contribution in [-0.2, 0) is 0 Å². The largest absolute Gasteiger partial charge is 0.322 e. The maximum atomic E-state index is 13.4. The van der Waals surface area contributed by atoms with Crippen molar-refractivity contribution in [1.82, 2.24) is 0 Å². The van der Waals surface area contributed by atoms with Crippen LogP contribution in [0.3, 0.4) is 0 Å². The first-order chi connectivity index (χ1) is 12.0. The molecule has 4 nitrogen and oxygen atoms in total. The number of amides is 2. The van der Waals surface area contributed by atoms with Gasteiger partial charge in [-0.25, -0.2) is 4.39 Å². The second-order valence-corrected chi connectivity index (χ2v) is 6.21. The molecule has 0 atom stereocenters. The Balaban J connectivity index is 1.83. The summed E-state index contributed by atoms with van der Waals surface area (Å²) in [5, 5.41) is 8.96. The summed E-state index contributed by atoms with van der Waals surface area (Å²) in [6.45, 7) is 1.78. The van der Waals surface area contributed by atoms with Gasteiger partial charge in [0.25, 0.3) is 11.8 Å². The van der Waals surface area contributed by atoms with E-state index in [1.165, 1.54) is 23.5 Å². The molecule has 0 aliphatic heterocycles. The molecule has 0 unspecified atom stereocenters. The van der Waals surface area contributed by atoms with Crippen molar-refractivity contribution in [2.24, 2.45) is 0 Å². The van der Waals surface area contributed by atoms with Gasteiger partial charge in [-0.15, -0.1) is 0 Å². The van der Waals surface area contributed by atoms with Crippen LogP contribution in [0.1, 0.15) is 26.3 Å². The summed E-state index contributed by atoms with van der Waals surface area (Å²) in [7, 11) is 0. The predicted octanol–water partition coefficient (Wildman–Crippen LogP) is 4.70. The summed E-state index contributed by atoms with van der Waals surface area (Å²) >= 11 is 1.42. The molecule has 0 fully saturated rings. The molecule has 0 saturated carbocycles. The molecule has 0 bridgehead atoms. The molecule has 0 aliphatic rings.